The Bertz CT molecular complexity index is 508. The highest BCUT2D eigenvalue weighted by Crippen LogP contribution is 2.21. The van der Waals surface area contributed by atoms with Crippen LogP contribution in [-0.4, -0.2) is 56.2 Å². The summed E-state index contributed by atoms with van der Waals surface area (Å²) in [4.78, 5) is 3.72. The number of hydrogen-bond acceptors (Lipinski definition) is 7. The number of sulfonamides is 1. The molecule has 1 aromatic rings. The number of aliphatic hydroxyl groups is 1. The monoisotopic (exact) mass is 290 g/mol. The van der Waals surface area contributed by atoms with Crippen molar-refractivity contribution >= 4 is 15.7 Å². The summed E-state index contributed by atoms with van der Waals surface area (Å²) in [5.41, 5.74) is 2.54. The van der Waals surface area contributed by atoms with Gasteiger partial charge in [-0.1, -0.05) is 0 Å². The Labute approximate surface area is 112 Å². The van der Waals surface area contributed by atoms with E-state index in [-0.39, 0.29) is 23.7 Å². The van der Waals surface area contributed by atoms with Crippen molar-refractivity contribution in [3.05, 3.63) is 18.5 Å². The molecule has 0 spiro atoms. The second-order valence-corrected chi connectivity index (χ2v) is 5.92. The van der Waals surface area contributed by atoms with Crippen LogP contribution in [0.25, 0.3) is 0 Å². The van der Waals surface area contributed by atoms with E-state index in [1.807, 2.05) is 0 Å². The third-order valence-corrected chi connectivity index (χ3v) is 4.31. The summed E-state index contributed by atoms with van der Waals surface area (Å²) < 4.78 is 30.4. The lowest BCUT2D eigenvalue weighted by atomic mass is 10.4. The molecule has 9 heteroatoms. The number of hydrazine groups is 1. The molecule has 108 valence electrons. The minimum Gasteiger partial charge on any atom is -0.389 e. The standard InChI is InChI=1S/C10H18N4O4S/c1-14(6-8(15)7-18-2)19(16,17)10-5-12-4-3-9(10)13-11/h3-5,8,15H,6-7,11H2,1-2H3,(H,12,13). The smallest absolute Gasteiger partial charge is 0.246 e. The third kappa shape index (κ3) is 3.85. The molecule has 0 aliphatic carbocycles. The number of nitrogens with two attached hydrogens (primary N) is 1. The number of hydrogen-bond donors (Lipinski definition) is 3. The van der Waals surface area contributed by atoms with Gasteiger partial charge in [-0.25, -0.2) is 8.42 Å². The van der Waals surface area contributed by atoms with Crippen LogP contribution in [0.2, 0.25) is 0 Å². The molecule has 0 fully saturated rings. The number of aliphatic hydroxyl groups excluding tert-OH is 1. The van der Waals surface area contributed by atoms with Crippen LogP contribution in [0.4, 0.5) is 5.69 Å². The van der Waals surface area contributed by atoms with E-state index in [0.29, 0.717) is 0 Å². The number of nitrogens with one attached hydrogen (secondary N) is 1. The number of anilines is 1. The first-order valence-corrected chi connectivity index (χ1v) is 6.91. The van der Waals surface area contributed by atoms with Gasteiger partial charge in [-0.15, -0.1) is 0 Å². The Morgan fingerprint density at radius 2 is 2.32 bits per heavy atom. The van der Waals surface area contributed by atoms with Crippen molar-refractivity contribution in [1.82, 2.24) is 9.29 Å². The van der Waals surface area contributed by atoms with E-state index in [2.05, 4.69) is 10.4 Å². The third-order valence-electron chi connectivity index (χ3n) is 2.46. The number of likely N-dealkylation sites (N-methyl/N-ethyl adjacent to an activating group) is 1. The van der Waals surface area contributed by atoms with Crippen molar-refractivity contribution in [2.75, 3.05) is 32.7 Å². The summed E-state index contributed by atoms with van der Waals surface area (Å²) in [6.07, 6.45) is 1.72. The van der Waals surface area contributed by atoms with Crippen LogP contribution < -0.4 is 11.3 Å². The second kappa shape index (κ2) is 6.78. The molecule has 0 radical (unpaired) electrons. The van der Waals surface area contributed by atoms with Crippen molar-refractivity contribution < 1.29 is 18.3 Å². The van der Waals surface area contributed by atoms with Crippen molar-refractivity contribution in [1.29, 1.82) is 0 Å². The lowest BCUT2D eigenvalue weighted by molar-refractivity contribution is 0.0554. The van der Waals surface area contributed by atoms with E-state index in [0.717, 1.165) is 4.31 Å². The molecule has 0 aliphatic rings. The summed E-state index contributed by atoms with van der Waals surface area (Å²) in [6.45, 7) is -0.0377. The van der Waals surface area contributed by atoms with Gasteiger partial charge in [0.25, 0.3) is 0 Å². The Balaban J connectivity index is 2.97. The molecule has 1 heterocycles. The molecule has 1 rings (SSSR count). The van der Waals surface area contributed by atoms with Crippen LogP contribution >= 0.6 is 0 Å². The van der Waals surface area contributed by atoms with Gasteiger partial charge in [0.1, 0.15) is 4.90 Å². The normalized spacial score (nSPS) is 13.5. The lowest BCUT2D eigenvalue weighted by Gasteiger charge is -2.21. The molecule has 0 bridgehead atoms. The number of aromatic nitrogens is 1. The summed E-state index contributed by atoms with van der Waals surface area (Å²) in [7, 11) is -0.994. The van der Waals surface area contributed by atoms with E-state index >= 15 is 0 Å². The highest BCUT2D eigenvalue weighted by Gasteiger charge is 2.25. The molecule has 0 aromatic carbocycles. The van der Waals surface area contributed by atoms with Crippen molar-refractivity contribution in [3.63, 3.8) is 0 Å². The molecular formula is C10H18N4O4S. The maximum absolute atomic E-state index is 12.3. The summed E-state index contributed by atoms with van der Waals surface area (Å²) >= 11 is 0. The SMILES string of the molecule is COCC(O)CN(C)S(=O)(=O)c1cnccc1NN. The Kier molecular flexibility index (Phi) is 5.63. The van der Waals surface area contributed by atoms with Gasteiger partial charge in [-0.3, -0.25) is 10.8 Å². The first-order chi connectivity index (χ1) is 8.93. The summed E-state index contributed by atoms with van der Waals surface area (Å²) in [5, 5.41) is 9.57. The van der Waals surface area contributed by atoms with Gasteiger partial charge >= 0.3 is 0 Å². The van der Waals surface area contributed by atoms with Gasteiger partial charge in [0, 0.05) is 33.1 Å². The van der Waals surface area contributed by atoms with Gasteiger partial charge in [0.2, 0.25) is 10.0 Å². The molecule has 0 amide bonds. The fraction of sp³-hybridized carbons (Fsp3) is 0.500. The molecule has 1 aromatic heterocycles. The molecule has 1 unspecified atom stereocenters. The molecule has 1 atom stereocenters. The van der Waals surface area contributed by atoms with Crippen molar-refractivity contribution in [2.24, 2.45) is 5.84 Å². The van der Waals surface area contributed by atoms with E-state index in [9.17, 15) is 13.5 Å². The average Bonchev–Trinajstić information content (AvgIpc) is 2.38. The van der Waals surface area contributed by atoms with Crippen LogP contribution in [0.1, 0.15) is 0 Å². The first kappa shape index (κ1) is 15.8. The molecule has 4 N–H and O–H groups in total. The van der Waals surface area contributed by atoms with Gasteiger partial charge < -0.3 is 15.3 Å². The predicted octanol–water partition coefficient (Wildman–Crippen LogP) is -1.00. The number of pyridine rings is 1. The van der Waals surface area contributed by atoms with E-state index < -0.39 is 16.1 Å². The number of rotatable bonds is 7. The molecule has 0 aliphatic heterocycles. The molecular weight excluding hydrogens is 272 g/mol. The zero-order chi connectivity index (χ0) is 14.5. The van der Waals surface area contributed by atoms with Gasteiger partial charge in [-0.2, -0.15) is 4.31 Å². The van der Waals surface area contributed by atoms with Crippen LogP contribution in [0.3, 0.4) is 0 Å². The maximum atomic E-state index is 12.3. The summed E-state index contributed by atoms with van der Waals surface area (Å²) in [5.74, 6) is 5.27. The number of ether oxygens (including phenoxy) is 1. The van der Waals surface area contributed by atoms with Gasteiger partial charge in [0.15, 0.2) is 0 Å². The van der Waals surface area contributed by atoms with Crippen LogP contribution in [-0.2, 0) is 14.8 Å². The molecule has 19 heavy (non-hydrogen) atoms. The first-order valence-electron chi connectivity index (χ1n) is 5.47. The minimum atomic E-state index is -3.78. The quantitative estimate of drug-likeness (QED) is 0.435. The fourth-order valence-corrected chi connectivity index (χ4v) is 2.82. The summed E-state index contributed by atoms with van der Waals surface area (Å²) in [6, 6.07) is 1.45. The van der Waals surface area contributed by atoms with E-state index in [1.54, 1.807) is 0 Å². The lowest BCUT2D eigenvalue weighted by Crippen LogP contribution is -2.36. The maximum Gasteiger partial charge on any atom is 0.246 e. The van der Waals surface area contributed by atoms with Crippen molar-refractivity contribution in [2.45, 2.75) is 11.0 Å². The largest absolute Gasteiger partial charge is 0.389 e. The Morgan fingerprint density at radius 1 is 1.63 bits per heavy atom. The van der Waals surface area contributed by atoms with E-state index in [4.69, 9.17) is 10.6 Å². The Hall–Kier alpha value is -1.26. The zero-order valence-corrected chi connectivity index (χ0v) is 11.6. The number of methoxy groups -OCH3 is 1. The number of nitrogen functional groups attached to an aromatic ring is 1. The highest BCUT2D eigenvalue weighted by molar-refractivity contribution is 7.89. The van der Waals surface area contributed by atoms with Crippen LogP contribution in [0, 0.1) is 0 Å². The zero-order valence-electron chi connectivity index (χ0n) is 10.8. The molecule has 8 nitrogen and oxygen atoms in total. The fourth-order valence-electron chi connectivity index (χ4n) is 1.51. The van der Waals surface area contributed by atoms with Crippen LogP contribution in [0.5, 0.6) is 0 Å². The average molecular weight is 290 g/mol. The van der Waals surface area contributed by atoms with Gasteiger partial charge in [0.05, 0.1) is 18.4 Å². The Morgan fingerprint density at radius 3 is 2.89 bits per heavy atom. The van der Waals surface area contributed by atoms with E-state index in [1.165, 1.54) is 32.6 Å². The van der Waals surface area contributed by atoms with Crippen molar-refractivity contribution in [3.8, 4) is 0 Å². The second-order valence-electron chi connectivity index (χ2n) is 3.91. The molecule has 0 saturated heterocycles. The van der Waals surface area contributed by atoms with Crippen LogP contribution in [0.15, 0.2) is 23.4 Å². The highest BCUT2D eigenvalue weighted by atomic mass is 32.2. The topological polar surface area (TPSA) is 118 Å². The minimum absolute atomic E-state index is 0.0505. The van der Waals surface area contributed by atoms with Gasteiger partial charge in [-0.05, 0) is 6.07 Å². The predicted molar refractivity (Wildman–Crippen MR) is 69.7 cm³/mol. The number of nitrogens with zero attached hydrogens (tertiary/aromatic N) is 2. The molecule has 0 saturated carbocycles.